The molecule has 30 heavy (non-hydrogen) atoms. The molecule has 1 fully saturated rings. The Morgan fingerprint density at radius 2 is 2.17 bits per heavy atom. The number of hydrogen-bond donors (Lipinski definition) is 1. The summed E-state index contributed by atoms with van der Waals surface area (Å²) in [5.41, 5.74) is 0.762. The van der Waals surface area contributed by atoms with Crippen molar-refractivity contribution in [2.75, 3.05) is 23.3 Å². The first-order valence-electron chi connectivity index (χ1n) is 9.33. The number of pyridine rings is 1. The van der Waals surface area contributed by atoms with Crippen LogP contribution < -0.4 is 10.2 Å². The molecule has 0 bridgehead atoms. The summed E-state index contributed by atoms with van der Waals surface area (Å²) in [7, 11) is 0. The number of nitrogens with one attached hydrogen (secondary N) is 1. The van der Waals surface area contributed by atoms with Crippen LogP contribution >= 0.6 is 0 Å². The number of fused-ring (bicyclic) bond motifs is 1. The second-order valence-electron chi connectivity index (χ2n) is 7.22. The molecule has 154 valence electrons. The maximum atomic E-state index is 14.1. The van der Waals surface area contributed by atoms with E-state index < -0.39 is 24.3 Å². The first kappa shape index (κ1) is 19.6. The van der Waals surface area contributed by atoms with Crippen LogP contribution in [0.5, 0.6) is 0 Å². The maximum absolute atomic E-state index is 14.1. The van der Waals surface area contributed by atoms with Crippen LogP contribution in [-0.4, -0.2) is 49.7 Å². The zero-order valence-electron chi connectivity index (χ0n) is 16.1. The number of rotatable bonds is 4. The lowest BCUT2D eigenvalue weighted by molar-refractivity contribution is -0.116. The normalized spacial score (nSPS) is 18.2. The van der Waals surface area contributed by atoms with Gasteiger partial charge in [-0.3, -0.25) is 4.79 Å². The van der Waals surface area contributed by atoms with E-state index in [1.807, 2.05) is 6.07 Å². The Labute approximate surface area is 170 Å². The SMILES string of the molecule is CC1CCN(c2ncc3cnn(CC(=O)Nc4ccc(C#N)cn4)c3n2)CC1(F)F. The number of aromatic nitrogens is 5. The van der Waals surface area contributed by atoms with Gasteiger partial charge in [0.15, 0.2) is 5.65 Å². The molecular formula is C19H18F2N8O. The van der Waals surface area contributed by atoms with Gasteiger partial charge in [0, 0.05) is 24.9 Å². The van der Waals surface area contributed by atoms with Gasteiger partial charge in [0.2, 0.25) is 11.9 Å². The van der Waals surface area contributed by atoms with Gasteiger partial charge in [0.1, 0.15) is 18.4 Å². The molecule has 1 saturated heterocycles. The molecule has 0 saturated carbocycles. The van der Waals surface area contributed by atoms with Crippen LogP contribution in [0.25, 0.3) is 11.0 Å². The van der Waals surface area contributed by atoms with E-state index in [0.717, 1.165) is 0 Å². The summed E-state index contributed by atoms with van der Waals surface area (Å²) in [4.78, 5) is 26.4. The highest BCUT2D eigenvalue weighted by atomic mass is 19.3. The van der Waals surface area contributed by atoms with Crippen molar-refractivity contribution in [3.8, 4) is 6.07 Å². The Morgan fingerprint density at radius 1 is 1.33 bits per heavy atom. The Kier molecular flexibility index (Phi) is 4.99. The fraction of sp³-hybridized carbons (Fsp3) is 0.368. The van der Waals surface area contributed by atoms with Crippen molar-refractivity contribution in [3.63, 3.8) is 0 Å². The number of anilines is 2. The Morgan fingerprint density at radius 3 is 2.87 bits per heavy atom. The first-order valence-corrected chi connectivity index (χ1v) is 9.33. The maximum Gasteiger partial charge on any atom is 0.267 e. The van der Waals surface area contributed by atoms with Crippen molar-refractivity contribution in [1.29, 1.82) is 5.26 Å². The predicted molar refractivity (Wildman–Crippen MR) is 104 cm³/mol. The molecule has 1 aliphatic rings. The number of halogens is 2. The highest BCUT2D eigenvalue weighted by molar-refractivity contribution is 5.90. The number of carbonyl (C=O) groups is 1. The lowest BCUT2D eigenvalue weighted by atomic mass is 9.95. The van der Waals surface area contributed by atoms with Gasteiger partial charge in [-0.2, -0.15) is 15.3 Å². The van der Waals surface area contributed by atoms with E-state index in [0.29, 0.717) is 35.4 Å². The minimum atomic E-state index is -2.81. The molecule has 0 radical (unpaired) electrons. The van der Waals surface area contributed by atoms with E-state index in [2.05, 4.69) is 25.4 Å². The lowest BCUT2D eigenvalue weighted by Crippen LogP contribution is -2.48. The number of nitrogens with zero attached hydrogens (tertiary/aromatic N) is 7. The van der Waals surface area contributed by atoms with Crippen molar-refractivity contribution in [3.05, 3.63) is 36.3 Å². The molecule has 9 nitrogen and oxygen atoms in total. The highest BCUT2D eigenvalue weighted by Crippen LogP contribution is 2.33. The van der Waals surface area contributed by atoms with Crippen molar-refractivity contribution in [2.24, 2.45) is 5.92 Å². The van der Waals surface area contributed by atoms with Gasteiger partial charge in [-0.15, -0.1) is 0 Å². The molecule has 3 aromatic heterocycles. The summed E-state index contributed by atoms with van der Waals surface area (Å²) in [6.45, 7) is 1.38. The van der Waals surface area contributed by atoms with Crippen LogP contribution in [0.4, 0.5) is 20.5 Å². The molecule has 0 aromatic carbocycles. The second-order valence-corrected chi connectivity index (χ2v) is 7.22. The molecule has 1 N–H and O–H groups in total. The van der Waals surface area contributed by atoms with Crippen molar-refractivity contribution in [1.82, 2.24) is 24.7 Å². The molecule has 1 atom stereocenters. The molecule has 4 heterocycles. The molecule has 1 unspecified atom stereocenters. The first-order chi connectivity index (χ1) is 14.4. The fourth-order valence-corrected chi connectivity index (χ4v) is 3.20. The fourth-order valence-electron chi connectivity index (χ4n) is 3.20. The number of hydrogen-bond acceptors (Lipinski definition) is 7. The molecule has 0 aliphatic carbocycles. The van der Waals surface area contributed by atoms with Crippen molar-refractivity contribution >= 4 is 28.7 Å². The number of alkyl halides is 2. The average molecular weight is 412 g/mol. The van der Waals surface area contributed by atoms with Crippen LogP contribution in [0.2, 0.25) is 0 Å². The van der Waals surface area contributed by atoms with Gasteiger partial charge in [-0.25, -0.2) is 23.4 Å². The summed E-state index contributed by atoms with van der Waals surface area (Å²) in [6, 6.07) is 5.01. The molecule has 1 aliphatic heterocycles. The van der Waals surface area contributed by atoms with E-state index in [-0.39, 0.29) is 12.5 Å². The molecule has 4 rings (SSSR count). The van der Waals surface area contributed by atoms with E-state index in [9.17, 15) is 13.6 Å². The van der Waals surface area contributed by atoms with E-state index >= 15 is 0 Å². The molecule has 11 heteroatoms. The number of carbonyl (C=O) groups excluding carboxylic acids is 1. The lowest BCUT2D eigenvalue weighted by Gasteiger charge is -2.36. The quantitative estimate of drug-likeness (QED) is 0.699. The summed E-state index contributed by atoms with van der Waals surface area (Å²) in [6.07, 6.45) is 4.72. The van der Waals surface area contributed by atoms with Gasteiger partial charge in [-0.05, 0) is 18.6 Å². The third-order valence-electron chi connectivity index (χ3n) is 5.05. The predicted octanol–water partition coefficient (Wildman–Crippen LogP) is 2.21. The van der Waals surface area contributed by atoms with Crippen molar-refractivity contribution < 1.29 is 13.6 Å². The van der Waals surface area contributed by atoms with Gasteiger partial charge >= 0.3 is 0 Å². The van der Waals surface area contributed by atoms with Crippen LogP contribution in [0.3, 0.4) is 0 Å². The highest BCUT2D eigenvalue weighted by Gasteiger charge is 2.42. The van der Waals surface area contributed by atoms with E-state index in [1.54, 1.807) is 6.07 Å². The monoisotopic (exact) mass is 412 g/mol. The zero-order chi connectivity index (χ0) is 21.3. The van der Waals surface area contributed by atoms with Crippen LogP contribution in [0.1, 0.15) is 18.9 Å². The van der Waals surface area contributed by atoms with E-state index in [1.165, 1.54) is 41.2 Å². The van der Waals surface area contributed by atoms with Gasteiger partial charge in [0.05, 0.1) is 23.7 Å². The topological polar surface area (TPSA) is 113 Å². The van der Waals surface area contributed by atoms with Crippen LogP contribution in [0.15, 0.2) is 30.7 Å². The smallest absolute Gasteiger partial charge is 0.267 e. The molecule has 3 aromatic rings. The summed E-state index contributed by atoms with van der Waals surface area (Å²) >= 11 is 0. The van der Waals surface area contributed by atoms with Gasteiger partial charge in [0.25, 0.3) is 5.92 Å². The average Bonchev–Trinajstić information content (AvgIpc) is 3.12. The minimum absolute atomic E-state index is 0.144. The Bertz CT molecular complexity index is 1120. The second kappa shape index (κ2) is 7.62. The van der Waals surface area contributed by atoms with Crippen LogP contribution in [0, 0.1) is 17.2 Å². The molecule has 1 amide bonds. The molecular weight excluding hydrogens is 394 g/mol. The van der Waals surface area contributed by atoms with E-state index in [4.69, 9.17) is 5.26 Å². The van der Waals surface area contributed by atoms with Crippen molar-refractivity contribution in [2.45, 2.75) is 25.8 Å². The summed E-state index contributed by atoms with van der Waals surface area (Å²) in [5.74, 6) is -3.41. The zero-order valence-corrected chi connectivity index (χ0v) is 16.1. The summed E-state index contributed by atoms with van der Waals surface area (Å²) in [5, 5.41) is 16.2. The van der Waals surface area contributed by atoms with Gasteiger partial charge in [-0.1, -0.05) is 6.92 Å². The third kappa shape index (κ3) is 3.89. The minimum Gasteiger partial charge on any atom is -0.335 e. The molecule has 0 spiro atoms. The summed E-state index contributed by atoms with van der Waals surface area (Å²) < 4.78 is 29.6. The Hall–Kier alpha value is -3.68. The van der Waals surface area contributed by atoms with Crippen LogP contribution in [-0.2, 0) is 11.3 Å². The third-order valence-corrected chi connectivity index (χ3v) is 5.05. The standard InChI is InChI=1S/C19H18F2N8O/c1-12-4-5-28(11-19(12,20)21)18-24-8-14-9-25-29(17(14)27-18)10-16(30)26-15-3-2-13(6-22)7-23-15/h2-3,7-9,12H,4-5,10-11H2,1H3,(H,23,26,30). The van der Waals surface area contributed by atoms with Gasteiger partial charge < -0.3 is 10.2 Å². The number of amides is 1. The Balaban J connectivity index is 1.51. The number of nitriles is 1. The largest absolute Gasteiger partial charge is 0.335 e. The number of piperidine rings is 1.